The second kappa shape index (κ2) is 6.75. The first-order valence-electron chi connectivity index (χ1n) is 6.71. The zero-order valence-electron chi connectivity index (χ0n) is 11.7. The Hall–Kier alpha value is -1.55. The molecule has 4 heteroatoms. The molecule has 1 N–H and O–H groups in total. The normalized spacial score (nSPS) is 12.2. The van der Waals surface area contributed by atoms with Gasteiger partial charge in [0.15, 0.2) is 6.61 Å². The first-order chi connectivity index (χ1) is 9.61. The topological polar surface area (TPSA) is 38.3 Å². The molecule has 20 heavy (non-hydrogen) atoms. The fourth-order valence-corrected chi connectivity index (χ4v) is 2.49. The lowest BCUT2D eigenvalue weighted by Gasteiger charge is -2.13. The third-order valence-corrected chi connectivity index (χ3v) is 4.02. The molecule has 0 bridgehead atoms. The van der Waals surface area contributed by atoms with E-state index in [0.29, 0.717) is 5.75 Å². The number of carbonyl (C=O) groups is 1. The van der Waals surface area contributed by atoms with Crippen molar-refractivity contribution in [1.29, 1.82) is 0 Å². The summed E-state index contributed by atoms with van der Waals surface area (Å²) in [6.07, 6.45) is 0.908. The van der Waals surface area contributed by atoms with Gasteiger partial charge < -0.3 is 10.1 Å². The molecule has 0 aliphatic carbocycles. The molecular formula is C16H18BrNO2. The summed E-state index contributed by atoms with van der Waals surface area (Å²) >= 11 is 3.54. The minimum atomic E-state index is -0.0978. The Kier molecular flexibility index (Phi) is 5.01. The largest absolute Gasteiger partial charge is 0.483 e. The van der Waals surface area contributed by atoms with Crippen LogP contribution >= 0.6 is 15.9 Å². The lowest BCUT2D eigenvalue weighted by atomic mass is 10.1. The predicted molar refractivity (Wildman–Crippen MR) is 85.0 cm³/mol. The van der Waals surface area contributed by atoms with Crippen molar-refractivity contribution in [1.82, 2.24) is 5.32 Å². The van der Waals surface area contributed by atoms with Crippen molar-refractivity contribution in [3.05, 3.63) is 40.9 Å². The highest BCUT2D eigenvalue weighted by Crippen LogP contribution is 2.32. The molecule has 2 aromatic rings. The molecule has 0 heterocycles. The number of carbonyl (C=O) groups excluding carboxylic acids is 1. The molecule has 0 aliphatic rings. The molecule has 0 radical (unpaired) electrons. The molecule has 2 rings (SSSR count). The summed E-state index contributed by atoms with van der Waals surface area (Å²) in [4.78, 5) is 11.7. The monoisotopic (exact) mass is 335 g/mol. The van der Waals surface area contributed by atoms with Gasteiger partial charge >= 0.3 is 0 Å². The van der Waals surface area contributed by atoms with Crippen LogP contribution in [0.25, 0.3) is 10.8 Å². The molecular weight excluding hydrogens is 318 g/mol. The smallest absolute Gasteiger partial charge is 0.258 e. The second-order valence-corrected chi connectivity index (χ2v) is 5.56. The average molecular weight is 336 g/mol. The number of fused-ring (bicyclic) bond motifs is 1. The standard InChI is InChI=1S/C16H18BrNO2/c1-3-11(2)18-15(19)10-20-14-9-8-12-6-4-5-7-13(12)16(14)17/h4-9,11H,3,10H2,1-2H3,(H,18,19)/t11-/m0/s1. The molecule has 106 valence electrons. The van der Waals surface area contributed by atoms with Crippen molar-refractivity contribution >= 4 is 32.6 Å². The summed E-state index contributed by atoms with van der Waals surface area (Å²) < 4.78 is 6.47. The van der Waals surface area contributed by atoms with Crippen molar-refractivity contribution in [2.24, 2.45) is 0 Å². The summed E-state index contributed by atoms with van der Waals surface area (Å²) in [6.45, 7) is 4.04. The third kappa shape index (κ3) is 3.51. The van der Waals surface area contributed by atoms with E-state index < -0.39 is 0 Å². The third-order valence-electron chi connectivity index (χ3n) is 3.21. The van der Waals surface area contributed by atoms with Crippen molar-refractivity contribution in [2.45, 2.75) is 26.3 Å². The van der Waals surface area contributed by atoms with E-state index in [2.05, 4.69) is 21.2 Å². The van der Waals surface area contributed by atoms with Crippen LogP contribution in [0.3, 0.4) is 0 Å². The van der Waals surface area contributed by atoms with Gasteiger partial charge in [-0.15, -0.1) is 0 Å². The van der Waals surface area contributed by atoms with E-state index in [-0.39, 0.29) is 18.6 Å². The van der Waals surface area contributed by atoms with Crippen molar-refractivity contribution < 1.29 is 9.53 Å². The van der Waals surface area contributed by atoms with Gasteiger partial charge in [-0.1, -0.05) is 37.3 Å². The summed E-state index contributed by atoms with van der Waals surface area (Å²) in [5.74, 6) is 0.586. The van der Waals surface area contributed by atoms with Gasteiger partial charge in [-0.3, -0.25) is 4.79 Å². The Morgan fingerprint density at radius 1 is 1.30 bits per heavy atom. The Morgan fingerprint density at radius 2 is 2.05 bits per heavy atom. The number of rotatable bonds is 5. The maximum atomic E-state index is 11.7. The van der Waals surface area contributed by atoms with Gasteiger partial charge in [0.1, 0.15) is 5.75 Å². The number of amides is 1. The van der Waals surface area contributed by atoms with Gasteiger partial charge in [-0.25, -0.2) is 0 Å². The second-order valence-electron chi connectivity index (χ2n) is 4.76. The Bertz CT molecular complexity index is 612. The van der Waals surface area contributed by atoms with Crippen LogP contribution in [0.15, 0.2) is 40.9 Å². The zero-order chi connectivity index (χ0) is 14.5. The summed E-state index contributed by atoms with van der Waals surface area (Å²) in [5.41, 5.74) is 0. The van der Waals surface area contributed by atoms with Crippen molar-refractivity contribution in [3.8, 4) is 5.75 Å². The van der Waals surface area contributed by atoms with Gasteiger partial charge in [-0.2, -0.15) is 0 Å². The molecule has 1 atom stereocenters. The molecule has 2 aromatic carbocycles. The van der Waals surface area contributed by atoms with E-state index in [9.17, 15) is 4.79 Å². The van der Waals surface area contributed by atoms with Crippen LogP contribution in [0.2, 0.25) is 0 Å². The van der Waals surface area contributed by atoms with Crippen LogP contribution in [0.5, 0.6) is 5.75 Å². The van der Waals surface area contributed by atoms with Crippen molar-refractivity contribution in [3.63, 3.8) is 0 Å². The van der Waals surface area contributed by atoms with Gasteiger partial charge in [0.2, 0.25) is 0 Å². The Balaban J connectivity index is 2.07. The highest BCUT2D eigenvalue weighted by atomic mass is 79.9. The zero-order valence-corrected chi connectivity index (χ0v) is 13.2. The Labute approximate surface area is 127 Å². The van der Waals surface area contributed by atoms with E-state index in [1.54, 1.807) is 0 Å². The van der Waals surface area contributed by atoms with Crippen LogP contribution < -0.4 is 10.1 Å². The maximum absolute atomic E-state index is 11.7. The number of ether oxygens (including phenoxy) is 1. The van der Waals surface area contributed by atoms with Crippen LogP contribution in [-0.4, -0.2) is 18.6 Å². The first-order valence-corrected chi connectivity index (χ1v) is 7.50. The number of hydrogen-bond acceptors (Lipinski definition) is 2. The van der Waals surface area contributed by atoms with Crippen LogP contribution in [0, 0.1) is 0 Å². The number of benzene rings is 2. The minimum Gasteiger partial charge on any atom is -0.483 e. The van der Waals surface area contributed by atoms with Crippen LogP contribution in [0.4, 0.5) is 0 Å². The highest BCUT2D eigenvalue weighted by molar-refractivity contribution is 9.10. The molecule has 0 spiro atoms. The van der Waals surface area contributed by atoms with Gasteiger partial charge in [0.25, 0.3) is 5.91 Å². The number of nitrogens with one attached hydrogen (secondary N) is 1. The van der Waals surface area contributed by atoms with Gasteiger partial charge in [-0.05, 0) is 46.1 Å². The van der Waals surface area contributed by atoms with Crippen molar-refractivity contribution in [2.75, 3.05) is 6.61 Å². The fraction of sp³-hybridized carbons (Fsp3) is 0.312. The average Bonchev–Trinajstić information content (AvgIpc) is 2.46. The number of halogens is 1. The number of hydrogen-bond donors (Lipinski definition) is 1. The molecule has 0 saturated heterocycles. The molecule has 0 saturated carbocycles. The summed E-state index contributed by atoms with van der Waals surface area (Å²) in [5, 5.41) is 5.09. The van der Waals surface area contributed by atoms with Crippen LogP contribution in [0.1, 0.15) is 20.3 Å². The molecule has 0 fully saturated rings. The molecule has 3 nitrogen and oxygen atoms in total. The first kappa shape index (κ1) is 14.9. The minimum absolute atomic E-state index is 0.0290. The summed E-state index contributed by atoms with van der Waals surface area (Å²) in [6, 6.07) is 12.1. The van der Waals surface area contributed by atoms with E-state index in [0.717, 1.165) is 21.7 Å². The molecule has 0 aliphatic heterocycles. The van der Waals surface area contributed by atoms with Gasteiger partial charge in [0.05, 0.1) is 4.47 Å². The quantitative estimate of drug-likeness (QED) is 0.899. The molecule has 0 unspecified atom stereocenters. The van der Waals surface area contributed by atoms with E-state index >= 15 is 0 Å². The van der Waals surface area contributed by atoms with E-state index in [4.69, 9.17) is 4.74 Å². The lowest BCUT2D eigenvalue weighted by Crippen LogP contribution is -2.35. The van der Waals surface area contributed by atoms with E-state index in [1.165, 1.54) is 0 Å². The highest BCUT2D eigenvalue weighted by Gasteiger charge is 2.09. The van der Waals surface area contributed by atoms with Crippen LogP contribution in [-0.2, 0) is 4.79 Å². The maximum Gasteiger partial charge on any atom is 0.258 e. The van der Waals surface area contributed by atoms with E-state index in [1.807, 2.05) is 50.2 Å². The fourth-order valence-electron chi connectivity index (χ4n) is 1.89. The molecule has 1 amide bonds. The predicted octanol–water partition coefficient (Wildman–Crippen LogP) is 3.90. The molecule has 0 aromatic heterocycles. The Morgan fingerprint density at radius 3 is 2.80 bits per heavy atom. The SMILES string of the molecule is CC[C@H](C)NC(=O)COc1ccc2ccccc2c1Br. The lowest BCUT2D eigenvalue weighted by molar-refractivity contribution is -0.123. The summed E-state index contributed by atoms with van der Waals surface area (Å²) in [7, 11) is 0. The van der Waals surface area contributed by atoms with Gasteiger partial charge in [0, 0.05) is 6.04 Å².